The second kappa shape index (κ2) is 7.05. The van der Waals surface area contributed by atoms with E-state index in [4.69, 9.17) is 4.74 Å². The van der Waals surface area contributed by atoms with Crippen molar-refractivity contribution in [1.29, 1.82) is 0 Å². The van der Waals surface area contributed by atoms with E-state index in [0.717, 1.165) is 5.75 Å². The highest BCUT2D eigenvalue weighted by Crippen LogP contribution is 2.06. The molecule has 0 N–H and O–H groups in total. The third-order valence-corrected chi connectivity index (χ3v) is 2.13. The molecule has 0 aliphatic rings. The molecule has 0 unspecified atom stereocenters. The first-order valence-electron chi connectivity index (χ1n) is 5.43. The van der Waals surface area contributed by atoms with Crippen molar-refractivity contribution < 1.29 is 9.66 Å². The van der Waals surface area contributed by atoms with Crippen LogP contribution in [0, 0.1) is 10.1 Å². The van der Waals surface area contributed by atoms with Crippen LogP contribution in [0.4, 0.5) is 5.69 Å². The van der Waals surface area contributed by atoms with Gasteiger partial charge in [0.1, 0.15) is 18.1 Å². The van der Waals surface area contributed by atoms with Gasteiger partial charge in [0, 0.05) is 6.54 Å². The van der Waals surface area contributed by atoms with Crippen LogP contribution in [0.15, 0.2) is 42.7 Å². The van der Waals surface area contributed by atoms with Crippen LogP contribution in [0.25, 0.3) is 0 Å². The molecule has 0 saturated carbocycles. The minimum absolute atomic E-state index is 0.0434. The normalized spacial score (nSPS) is 9.22. The first-order chi connectivity index (χ1) is 8.67. The van der Waals surface area contributed by atoms with Crippen molar-refractivity contribution in [3.8, 4) is 5.75 Å². The summed E-state index contributed by atoms with van der Waals surface area (Å²) in [5, 5.41) is 13.8. The zero-order chi connectivity index (χ0) is 13.4. The Bertz CT molecular complexity index is 482. The molecular formula is C12H15N3O3. The van der Waals surface area contributed by atoms with Crippen LogP contribution < -0.4 is 4.74 Å². The quantitative estimate of drug-likeness (QED) is 0.619. The zero-order valence-corrected chi connectivity index (χ0v) is 10.3. The van der Waals surface area contributed by atoms with E-state index in [1.807, 2.05) is 37.3 Å². The molecule has 0 saturated heterocycles. The fraction of sp³-hybridized carbons (Fsp3) is 0.250. The van der Waals surface area contributed by atoms with Gasteiger partial charge in [-0.05, 0) is 19.1 Å². The molecule has 18 heavy (non-hydrogen) atoms. The summed E-state index contributed by atoms with van der Waals surface area (Å²) in [6, 6.07) is 9.68. The third kappa shape index (κ3) is 4.25. The van der Waals surface area contributed by atoms with E-state index in [0.29, 0.717) is 6.54 Å². The summed E-state index contributed by atoms with van der Waals surface area (Å²) in [5.41, 5.74) is 0.0434. The van der Waals surface area contributed by atoms with Gasteiger partial charge in [-0.2, -0.15) is 5.10 Å². The number of aromatic nitrogens is 2. The van der Waals surface area contributed by atoms with Crippen LogP contribution in [0.2, 0.25) is 0 Å². The highest BCUT2D eigenvalue weighted by Gasteiger charge is 2.06. The molecule has 96 valence electrons. The summed E-state index contributed by atoms with van der Waals surface area (Å²) in [6.07, 6.45) is 2.64. The molecule has 0 fully saturated rings. The molecule has 0 radical (unpaired) electrons. The van der Waals surface area contributed by atoms with Crippen LogP contribution in [0.1, 0.15) is 6.92 Å². The van der Waals surface area contributed by atoms with E-state index in [2.05, 4.69) is 5.10 Å². The molecule has 6 heteroatoms. The van der Waals surface area contributed by atoms with Crippen LogP contribution in [-0.2, 0) is 6.54 Å². The Balaban J connectivity index is 0.000000184. The molecule has 0 atom stereocenters. The lowest BCUT2D eigenvalue weighted by molar-refractivity contribution is -0.385. The first kappa shape index (κ1) is 13.7. The molecule has 1 aromatic carbocycles. The lowest BCUT2D eigenvalue weighted by Crippen LogP contribution is -1.92. The van der Waals surface area contributed by atoms with Crippen LogP contribution in [-0.4, -0.2) is 21.8 Å². The number of nitrogens with zero attached hydrogens (tertiary/aromatic N) is 3. The fourth-order valence-corrected chi connectivity index (χ4v) is 1.18. The summed E-state index contributed by atoms with van der Waals surface area (Å²) in [7, 11) is 1.66. The number of hydrogen-bond acceptors (Lipinski definition) is 4. The van der Waals surface area contributed by atoms with Gasteiger partial charge in [0.05, 0.1) is 12.0 Å². The lowest BCUT2D eigenvalue weighted by atomic mass is 10.3. The van der Waals surface area contributed by atoms with Gasteiger partial charge in [-0.15, -0.1) is 0 Å². The van der Waals surface area contributed by atoms with E-state index in [1.54, 1.807) is 7.11 Å². The molecule has 1 heterocycles. The van der Waals surface area contributed by atoms with Crippen LogP contribution >= 0.6 is 0 Å². The smallest absolute Gasteiger partial charge is 0.306 e. The molecule has 0 aliphatic carbocycles. The second-order valence-corrected chi connectivity index (χ2v) is 3.33. The van der Waals surface area contributed by atoms with Crippen molar-refractivity contribution in [1.82, 2.24) is 9.78 Å². The number of hydrogen-bond donors (Lipinski definition) is 0. The Morgan fingerprint density at radius 3 is 2.39 bits per heavy atom. The summed E-state index contributed by atoms with van der Waals surface area (Å²) < 4.78 is 6.43. The number of methoxy groups -OCH3 is 1. The van der Waals surface area contributed by atoms with E-state index in [1.165, 1.54) is 17.1 Å². The highest BCUT2D eigenvalue weighted by molar-refractivity contribution is 5.20. The van der Waals surface area contributed by atoms with Gasteiger partial charge in [0.15, 0.2) is 0 Å². The van der Waals surface area contributed by atoms with Crippen molar-refractivity contribution in [2.45, 2.75) is 13.5 Å². The molecule has 0 bridgehead atoms. The van der Waals surface area contributed by atoms with Crippen molar-refractivity contribution in [3.63, 3.8) is 0 Å². The van der Waals surface area contributed by atoms with Gasteiger partial charge in [0.2, 0.25) is 0 Å². The molecule has 2 rings (SSSR count). The Morgan fingerprint density at radius 1 is 1.39 bits per heavy atom. The summed E-state index contributed by atoms with van der Waals surface area (Å²) in [4.78, 5) is 9.62. The Hall–Kier alpha value is -2.37. The number of benzene rings is 1. The maximum Gasteiger partial charge on any atom is 0.306 e. The van der Waals surface area contributed by atoms with Gasteiger partial charge in [-0.3, -0.25) is 14.8 Å². The van der Waals surface area contributed by atoms with Crippen molar-refractivity contribution in [2.75, 3.05) is 7.11 Å². The Kier molecular flexibility index (Phi) is 5.37. The Labute approximate surface area is 105 Å². The number of rotatable bonds is 3. The molecule has 6 nitrogen and oxygen atoms in total. The minimum atomic E-state index is -0.459. The van der Waals surface area contributed by atoms with E-state index < -0.39 is 4.92 Å². The van der Waals surface area contributed by atoms with Crippen LogP contribution in [0.3, 0.4) is 0 Å². The zero-order valence-electron chi connectivity index (χ0n) is 10.3. The van der Waals surface area contributed by atoms with Crippen molar-refractivity contribution in [2.24, 2.45) is 0 Å². The monoisotopic (exact) mass is 249 g/mol. The minimum Gasteiger partial charge on any atom is -0.497 e. The largest absolute Gasteiger partial charge is 0.497 e. The SMILES string of the molecule is CCn1cc([N+](=O)[O-])cn1.COc1ccccc1. The van der Waals surface area contributed by atoms with E-state index in [9.17, 15) is 10.1 Å². The number of aryl methyl sites for hydroxylation is 1. The maximum atomic E-state index is 10.1. The average molecular weight is 249 g/mol. The number of ether oxygens (including phenoxy) is 1. The molecule has 0 spiro atoms. The van der Waals surface area contributed by atoms with E-state index >= 15 is 0 Å². The highest BCUT2D eigenvalue weighted by atomic mass is 16.6. The molecule has 0 amide bonds. The summed E-state index contributed by atoms with van der Waals surface area (Å²) >= 11 is 0. The van der Waals surface area contributed by atoms with Gasteiger partial charge in [-0.25, -0.2) is 0 Å². The number of para-hydroxylation sites is 1. The summed E-state index contributed by atoms with van der Waals surface area (Å²) in [5.74, 6) is 0.910. The topological polar surface area (TPSA) is 70.2 Å². The average Bonchev–Trinajstić information content (AvgIpc) is 2.89. The lowest BCUT2D eigenvalue weighted by Gasteiger charge is -1.93. The predicted octanol–water partition coefficient (Wildman–Crippen LogP) is 2.51. The van der Waals surface area contributed by atoms with Gasteiger partial charge < -0.3 is 4.74 Å². The first-order valence-corrected chi connectivity index (χ1v) is 5.43. The fourth-order valence-electron chi connectivity index (χ4n) is 1.18. The molecule has 2 aromatic rings. The van der Waals surface area contributed by atoms with Gasteiger partial charge in [-0.1, -0.05) is 18.2 Å². The third-order valence-electron chi connectivity index (χ3n) is 2.13. The second-order valence-electron chi connectivity index (χ2n) is 3.33. The van der Waals surface area contributed by atoms with Gasteiger partial charge >= 0.3 is 5.69 Å². The Morgan fingerprint density at radius 2 is 2.06 bits per heavy atom. The van der Waals surface area contributed by atoms with Crippen LogP contribution in [0.5, 0.6) is 5.75 Å². The molecule has 1 aromatic heterocycles. The standard InChI is InChI=1S/C7H8O.C5H7N3O2/c1-8-7-5-3-2-4-6-7;1-2-7-4-5(3-6-7)8(9)10/h2-6H,1H3;3-4H,2H2,1H3. The number of nitro groups is 1. The van der Waals surface area contributed by atoms with Gasteiger partial charge in [0.25, 0.3) is 0 Å². The summed E-state index contributed by atoms with van der Waals surface area (Å²) in [6.45, 7) is 2.53. The maximum absolute atomic E-state index is 10.1. The molecule has 0 aliphatic heterocycles. The molecular weight excluding hydrogens is 234 g/mol. The predicted molar refractivity (Wildman–Crippen MR) is 67.5 cm³/mol. The van der Waals surface area contributed by atoms with Crippen molar-refractivity contribution >= 4 is 5.69 Å². The van der Waals surface area contributed by atoms with Crippen molar-refractivity contribution in [3.05, 3.63) is 52.8 Å². The van der Waals surface area contributed by atoms with E-state index in [-0.39, 0.29) is 5.69 Å².